The molecule has 0 heterocycles. The van der Waals surface area contributed by atoms with Crippen molar-refractivity contribution in [1.82, 2.24) is 0 Å². The van der Waals surface area contributed by atoms with Gasteiger partial charge in [0.05, 0.1) is 0 Å². The maximum atomic E-state index is 10.2. The van der Waals surface area contributed by atoms with E-state index in [1.807, 2.05) is 30.3 Å². The zero-order valence-corrected chi connectivity index (χ0v) is 6.62. The van der Waals surface area contributed by atoms with Gasteiger partial charge in [-0.1, -0.05) is 30.3 Å². The molecule has 0 amide bonds. The summed E-state index contributed by atoms with van der Waals surface area (Å²) in [6.07, 6.45) is 1.61. The maximum Gasteiger partial charge on any atom is 0.178 e. The molecule has 0 radical (unpaired) electrons. The second-order valence-electron chi connectivity index (χ2n) is 1.99. The first-order chi connectivity index (χ1) is 5.29. The summed E-state index contributed by atoms with van der Waals surface area (Å²) in [7, 11) is 0. The zero-order valence-electron chi connectivity index (χ0n) is 5.81. The van der Waals surface area contributed by atoms with Crippen molar-refractivity contribution >= 4 is 17.2 Å². The number of rotatable bonds is 2. The molecule has 0 aliphatic heterocycles. The van der Waals surface area contributed by atoms with E-state index >= 15 is 0 Å². The van der Waals surface area contributed by atoms with Crippen molar-refractivity contribution in [3.63, 3.8) is 0 Å². The van der Waals surface area contributed by atoms with Crippen molar-refractivity contribution < 1.29 is 8.76 Å². The Balaban J connectivity index is 2.72. The highest BCUT2D eigenvalue weighted by molar-refractivity contribution is 7.82. The van der Waals surface area contributed by atoms with E-state index in [2.05, 4.69) is 0 Å². The van der Waals surface area contributed by atoms with Crippen LogP contribution < -0.4 is 0 Å². The van der Waals surface area contributed by atoms with Gasteiger partial charge in [-0.05, 0) is 11.6 Å². The van der Waals surface area contributed by atoms with Crippen LogP contribution in [0, 0.1) is 0 Å². The molecule has 3 heteroatoms. The van der Waals surface area contributed by atoms with E-state index in [0.717, 1.165) is 5.56 Å². The Labute approximate surface area is 67.8 Å². The Hall–Kier alpha value is -0.930. The Bertz CT molecular complexity index is 267. The molecule has 0 bridgehead atoms. The fraction of sp³-hybridized carbons (Fsp3) is 0. The molecule has 1 aromatic rings. The average Bonchev–Trinajstić information content (AvgIpc) is 2.03. The van der Waals surface area contributed by atoms with E-state index in [0.29, 0.717) is 0 Å². The van der Waals surface area contributed by atoms with Gasteiger partial charge in [0.2, 0.25) is 0 Å². The summed E-state index contributed by atoms with van der Waals surface area (Å²) in [5, 5.41) is 1.23. The lowest BCUT2D eigenvalue weighted by atomic mass is 10.2. The average molecular weight is 168 g/mol. The quantitative estimate of drug-likeness (QED) is 0.684. The molecule has 1 N–H and O–H groups in total. The molecule has 11 heavy (non-hydrogen) atoms. The standard InChI is InChI=1S/C8H8O2S/c9-11(10)7-6-8-4-2-1-3-5-8/h1-7H,(H,9,10). The third-order valence-corrected chi connectivity index (χ3v) is 1.55. The van der Waals surface area contributed by atoms with E-state index in [4.69, 9.17) is 4.55 Å². The van der Waals surface area contributed by atoms with Gasteiger partial charge in [0.1, 0.15) is 0 Å². The van der Waals surface area contributed by atoms with Gasteiger partial charge in [-0.25, -0.2) is 4.21 Å². The van der Waals surface area contributed by atoms with Crippen LogP contribution in [0.15, 0.2) is 35.7 Å². The highest BCUT2D eigenvalue weighted by atomic mass is 32.2. The van der Waals surface area contributed by atoms with Crippen molar-refractivity contribution in [1.29, 1.82) is 0 Å². The number of benzene rings is 1. The summed E-state index contributed by atoms with van der Waals surface area (Å²) in [4.78, 5) is 0. The minimum Gasteiger partial charge on any atom is -0.303 e. The van der Waals surface area contributed by atoms with Gasteiger partial charge in [0, 0.05) is 5.41 Å². The molecule has 0 saturated heterocycles. The van der Waals surface area contributed by atoms with Crippen LogP contribution in [-0.4, -0.2) is 8.76 Å². The van der Waals surface area contributed by atoms with Crippen molar-refractivity contribution in [3.8, 4) is 0 Å². The maximum absolute atomic E-state index is 10.2. The molecular formula is C8H8O2S. The molecule has 0 aromatic heterocycles. The zero-order chi connectivity index (χ0) is 8.10. The normalized spacial score (nSPS) is 13.5. The second-order valence-corrected chi connectivity index (χ2v) is 2.81. The minimum absolute atomic E-state index is 0.926. The highest BCUT2D eigenvalue weighted by Crippen LogP contribution is 2.00. The Morgan fingerprint density at radius 1 is 1.27 bits per heavy atom. The third kappa shape index (κ3) is 3.11. The van der Waals surface area contributed by atoms with E-state index in [1.54, 1.807) is 6.08 Å². The van der Waals surface area contributed by atoms with Gasteiger partial charge in [-0.15, -0.1) is 0 Å². The van der Waals surface area contributed by atoms with Crippen LogP contribution in [0.3, 0.4) is 0 Å². The van der Waals surface area contributed by atoms with Crippen LogP contribution in [0.1, 0.15) is 5.56 Å². The molecule has 0 spiro atoms. The largest absolute Gasteiger partial charge is 0.303 e. The van der Waals surface area contributed by atoms with Crippen molar-refractivity contribution in [3.05, 3.63) is 41.3 Å². The van der Waals surface area contributed by atoms with Crippen LogP contribution in [0.4, 0.5) is 0 Å². The first-order valence-electron chi connectivity index (χ1n) is 3.12. The Kier molecular flexibility index (Phi) is 3.01. The minimum atomic E-state index is -1.85. The lowest BCUT2D eigenvalue weighted by Gasteiger charge is -1.88. The summed E-state index contributed by atoms with van der Waals surface area (Å²) in [6.45, 7) is 0. The van der Waals surface area contributed by atoms with E-state index in [9.17, 15) is 4.21 Å². The summed E-state index contributed by atoms with van der Waals surface area (Å²) < 4.78 is 18.6. The van der Waals surface area contributed by atoms with Crippen LogP contribution >= 0.6 is 0 Å². The lowest BCUT2D eigenvalue weighted by Crippen LogP contribution is -1.76. The monoisotopic (exact) mass is 168 g/mol. The second kappa shape index (κ2) is 4.05. The Morgan fingerprint density at radius 3 is 2.45 bits per heavy atom. The van der Waals surface area contributed by atoms with Crippen LogP contribution in [-0.2, 0) is 11.1 Å². The molecule has 1 aromatic carbocycles. The number of hydrogen-bond acceptors (Lipinski definition) is 1. The number of hydrogen-bond donors (Lipinski definition) is 1. The third-order valence-electron chi connectivity index (χ3n) is 1.18. The van der Waals surface area contributed by atoms with Crippen LogP contribution in [0.2, 0.25) is 0 Å². The van der Waals surface area contributed by atoms with Gasteiger partial charge < -0.3 is 4.55 Å². The molecule has 1 rings (SSSR count). The fourth-order valence-corrected chi connectivity index (χ4v) is 0.974. The Morgan fingerprint density at radius 2 is 1.91 bits per heavy atom. The van der Waals surface area contributed by atoms with Gasteiger partial charge in [-0.3, -0.25) is 0 Å². The smallest absolute Gasteiger partial charge is 0.178 e. The summed E-state index contributed by atoms with van der Waals surface area (Å²) in [5.41, 5.74) is 0.926. The molecular weight excluding hydrogens is 160 g/mol. The van der Waals surface area contributed by atoms with Gasteiger partial charge in [0.25, 0.3) is 0 Å². The molecule has 0 aliphatic carbocycles. The highest BCUT2D eigenvalue weighted by Gasteiger charge is 1.83. The van der Waals surface area contributed by atoms with Gasteiger partial charge in [-0.2, -0.15) is 0 Å². The van der Waals surface area contributed by atoms with Crippen LogP contribution in [0.5, 0.6) is 0 Å². The topological polar surface area (TPSA) is 37.3 Å². The summed E-state index contributed by atoms with van der Waals surface area (Å²) in [5.74, 6) is 0. The molecule has 2 nitrogen and oxygen atoms in total. The predicted octanol–water partition coefficient (Wildman–Crippen LogP) is 1.88. The van der Waals surface area contributed by atoms with Crippen LogP contribution in [0.25, 0.3) is 6.08 Å². The first kappa shape index (κ1) is 8.17. The van der Waals surface area contributed by atoms with Gasteiger partial charge >= 0.3 is 0 Å². The summed E-state index contributed by atoms with van der Waals surface area (Å²) in [6, 6.07) is 9.37. The molecule has 1 unspecified atom stereocenters. The fourth-order valence-electron chi connectivity index (χ4n) is 0.701. The lowest BCUT2D eigenvalue weighted by molar-refractivity contribution is 0.574. The predicted molar refractivity (Wildman–Crippen MR) is 46.2 cm³/mol. The van der Waals surface area contributed by atoms with Crippen molar-refractivity contribution in [2.75, 3.05) is 0 Å². The van der Waals surface area contributed by atoms with E-state index < -0.39 is 11.1 Å². The summed E-state index contributed by atoms with van der Waals surface area (Å²) >= 11 is -1.85. The van der Waals surface area contributed by atoms with E-state index in [-0.39, 0.29) is 0 Å². The molecule has 58 valence electrons. The SMILES string of the molecule is O=S(O)C=Cc1ccccc1. The van der Waals surface area contributed by atoms with E-state index in [1.165, 1.54) is 5.41 Å². The van der Waals surface area contributed by atoms with Crippen molar-refractivity contribution in [2.45, 2.75) is 0 Å². The first-order valence-corrected chi connectivity index (χ1v) is 4.29. The molecule has 0 aliphatic rings. The molecule has 0 fully saturated rings. The van der Waals surface area contributed by atoms with Gasteiger partial charge in [0.15, 0.2) is 11.1 Å². The molecule has 0 saturated carbocycles. The van der Waals surface area contributed by atoms with Crippen molar-refractivity contribution in [2.24, 2.45) is 0 Å². The molecule has 1 atom stereocenters.